The fourth-order valence-electron chi connectivity index (χ4n) is 1.55. The van der Waals surface area contributed by atoms with Crippen LogP contribution in [0.4, 0.5) is 23.2 Å². The van der Waals surface area contributed by atoms with E-state index in [1.54, 1.807) is 0 Å². The molecule has 0 aliphatic rings. The first kappa shape index (κ1) is 18.2. The Balaban J connectivity index is 2.79. The summed E-state index contributed by atoms with van der Waals surface area (Å²) in [5.41, 5.74) is 5.30. The number of hydrogen-bond acceptors (Lipinski definition) is 4. The van der Waals surface area contributed by atoms with Gasteiger partial charge in [-0.1, -0.05) is 0 Å². The van der Waals surface area contributed by atoms with E-state index in [2.05, 4.69) is 10.1 Å². The number of hydrogen-bond donors (Lipinski definition) is 2. The van der Waals surface area contributed by atoms with Crippen LogP contribution in [0, 0.1) is 5.82 Å². The summed E-state index contributed by atoms with van der Waals surface area (Å²) in [6.45, 7) is -1.49. The van der Waals surface area contributed by atoms with Gasteiger partial charge in [0.05, 0.1) is 18.2 Å². The summed E-state index contributed by atoms with van der Waals surface area (Å²) in [6, 6.07) is 2.87. The Morgan fingerprint density at radius 3 is 2.64 bits per heavy atom. The smallest absolute Gasteiger partial charge is 0.422 e. The molecule has 0 bridgehead atoms. The number of benzene rings is 1. The van der Waals surface area contributed by atoms with Gasteiger partial charge in [0.1, 0.15) is 11.6 Å². The molecule has 1 aromatic carbocycles. The Kier molecular flexibility index (Phi) is 6.57. The Bertz CT molecular complexity index is 505. The van der Waals surface area contributed by atoms with Crippen molar-refractivity contribution in [3.8, 4) is 5.75 Å². The van der Waals surface area contributed by atoms with Crippen molar-refractivity contribution in [2.24, 2.45) is 5.73 Å². The van der Waals surface area contributed by atoms with E-state index in [1.165, 1.54) is 7.11 Å². The van der Waals surface area contributed by atoms with Gasteiger partial charge in [-0.3, -0.25) is 4.79 Å². The number of nitrogens with two attached hydrogens (primary N) is 1. The van der Waals surface area contributed by atoms with Crippen molar-refractivity contribution in [2.45, 2.75) is 18.7 Å². The van der Waals surface area contributed by atoms with Gasteiger partial charge in [0.25, 0.3) is 0 Å². The molecule has 0 fully saturated rings. The van der Waals surface area contributed by atoms with E-state index >= 15 is 0 Å². The van der Waals surface area contributed by atoms with Gasteiger partial charge in [-0.25, -0.2) is 4.39 Å². The van der Waals surface area contributed by atoms with Crippen molar-refractivity contribution in [2.75, 3.05) is 25.6 Å². The van der Waals surface area contributed by atoms with Crippen molar-refractivity contribution in [1.82, 2.24) is 0 Å². The number of amides is 1. The average molecular weight is 324 g/mol. The zero-order chi connectivity index (χ0) is 16.8. The topological polar surface area (TPSA) is 73.6 Å². The Hall–Kier alpha value is -1.87. The molecule has 0 aliphatic heterocycles. The van der Waals surface area contributed by atoms with Crippen LogP contribution in [0.3, 0.4) is 0 Å². The molecule has 3 N–H and O–H groups in total. The van der Waals surface area contributed by atoms with Crippen LogP contribution < -0.4 is 15.8 Å². The highest BCUT2D eigenvalue weighted by Gasteiger charge is 2.29. The van der Waals surface area contributed by atoms with Gasteiger partial charge in [-0.05, 0) is 12.1 Å². The van der Waals surface area contributed by atoms with Gasteiger partial charge >= 0.3 is 6.18 Å². The highest BCUT2D eigenvalue weighted by molar-refractivity contribution is 5.92. The summed E-state index contributed by atoms with van der Waals surface area (Å²) in [4.78, 5) is 11.8. The van der Waals surface area contributed by atoms with Gasteiger partial charge in [-0.2, -0.15) is 13.2 Å². The van der Waals surface area contributed by atoms with Crippen molar-refractivity contribution in [1.29, 1.82) is 0 Å². The average Bonchev–Trinajstić information content (AvgIpc) is 2.44. The number of rotatable bonds is 7. The zero-order valence-corrected chi connectivity index (χ0v) is 11.7. The third kappa shape index (κ3) is 6.27. The van der Waals surface area contributed by atoms with Crippen LogP contribution in [0.25, 0.3) is 0 Å². The maximum absolute atomic E-state index is 13.1. The van der Waals surface area contributed by atoms with Crippen LogP contribution in [0.15, 0.2) is 18.2 Å². The van der Waals surface area contributed by atoms with Gasteiger partial charge in [-0.15, -0.1) is 0 Å². The van der Waals surface area contributed by atoms with Crippen molar-refractivity contribution < 1.29 is 31.8 Å². The monoisotopic (exact) mass is 324 g/mol. The predicted molar refractivity (Wildman–Crippen MR) is 71.0 cm³/mol. The van der Waals surface area contributed by atoms with E-state index in [1.807, 2.05) is 0 Å². The highest BCUT2D eigenvalue weighted by Crippen LogP contribution is 2.27. The standard InChI is InChI=1S/C13H16F4N2O3/c1-21-9(6-18)5-12(20)19-10-3-2-8(14)4-11(10)22-7-13(15,16)17/h2-4,9H,5-7,18H2,1H3,(H,19,20). The van der Waals surface area contributed by atoms with E-state index in [0.717, 1.165) is 18.2 Å². The van der Waals surface area contributed by atoms with E-state index in [9.17, 15) is 22.4 Å². The molecule has 0 aliphatic carbocycles. The molecular weight excluding hydrogens is 308 g/mol. The minimum Gasteiger partial charge on any atom is -0.482 e. The molecule has 0 saturated carbocycles. The maximum Gasteiger partial charge on any atom is 0.422 e. The minimum absolute atomic E-state index is 0.0671. The van der Waals surface area contributed by atoms with Crippen molar-refractivity contribution in [3.63, 3.8) is 0 Å². The molecule has 22 heavy (non-hydrogen) atoms. The molecular formula is C13H16F4N2O3. The third-order valence-corrected chi connectivity index (χ3v) is 2.62. The number of halogens is 4. The molecule has 5 nitrogen and oxygen atoms in total. The lowest BCUT2D eigenvalue weighted by Gasteiger charge is -2.16. The molecule has 0 saturated heterocycles. The molecule has 9 heteroatoms. The Morgan fingerprint density at radius 1 is 1.41 bits per heavy atom. The number of carbonyl (C=O) groups is 1. The molecule has 0 spiro atoms. The largest absolute Gasteiger partial charge is 0.482 e. The zero-order valence-electron chi connectivity index (χ0n) is 11.7. The Morgan fingerprint density at radius 2 is 2.09 bits per heavy atom. The molecule has 1 atom stereocenters. The van der Waals surface area contributed by atoms with Gasteiger partial charge in [0.2, 0.25) is 5.91 Å². The van der Waals surface area contributed by atoms with Crippen LogP contribution in [0.2, 0.25) is 0 Å². The number of methoxy groups -OCH3 is 1. The fourth-order valence-corrected chi connectivity index (χ4v) is 1.55. The number of ether oxygens (including phenoxy) is 2. The molecule has 1 unspecified atom stereocenters. The second-order valence-corrected chi connectivity index (χ2v) is 4.39. The maximum atomic E-state index is 13.1. The van der Waals surface area contributed by atoms with Gasteiger partial charge in [0.15, 0.2) is 6.61 Å². The number of nitrogens with one attached hydrogen (secondary N) is 1. The normalized spacial score (nSPS) is 12.8. The summed E-state index contributed by atoms with van der Waals surface area (Å²) in [6.07, 6.45) is -5.20. The predicted octanol–water partition coefficient (Wildman–Crippen LogP) is 2.07. The summed E-state index contributed by atoms with van der Waals surface area (Å²) in [5.74, 6) is -1.74. The molecule has 0 aromatic heterocycles. The summed E-state index contributed by atoms with van der Waals surface area (Å²) < 4.78 is 59.0. The van der Waals surface area contributed by atoms with Gasteiger partial charge < -0.3 is 20.5 Å². The summed E-state index contributed by atoms with van der Waals surface area (Å²) in [5, 5.41) is 2.34. The number of carbonyl (C=O) groups excluding carboxylic acids is 1. The van der Waals surface area contributed by atoms with Crippen molar-refractivity contribution in [3.05, 3.63) is 24.0 Å². The summed E-state index contributed by atoms with van der Waals surface area (Å²) in [7, 11) is 1.38. The molecule has 1 amide bonds. The SMILES string of the molecule is COC(CN)CC(=O)Nc1ccc(F)cc1OCC(F)(F)F. The van der Waals surface area contributed by atoms with Crippen LogP contribution in [0.5, 0.6) is 5.75 Å². The van der Waals surface area contributed by atoms with Gasteiger partial charge in [0, 0.05) is 19.7 Å². The first-order chi connectivity index (χ1) is 10.2. The highest BCUT2D eigenvalue weighted by atomic mass is 19.4. The molecule has 1 rings (SSSR count). The van der Waals surface area contributed by atoms with E-state index in [4.69, 9.17) is 10.5 Å². The van der Waals surface area contributed by atoms with Crippen molar-refractivity contribution >= 4 is 11.6 Å². The lowest BCUT2D eigenvalue weighted by Crippen LogP contribution is -2.28. The second kappa shape index (κ2) is 7.95. The fraction of sp³-hybridized carbons (Fsp3) is 0.462. The second-order valence-electron chi connectivity index (χ2n) is 4.39. The molecule has 124 valence electrons. The summed E-state index contributed by atoms with van der Waals surface area (Å²) >= 11 is 0. The first-order valence-electron chi connectivity index (χ1n) is 6.27. The minimum atomic E-state index is -4.58. The lowest BCUT2D eigenvalue weighted by molar-refractivity contribution is -0.153. The third-order valence-electron chi connectivity index (χ3n) is 2.62. The quantitative estimate of drug-likeness (QED) is 0.753. The Labute approximate surface area is 124 Å². The molecule has 1 aromatic rings. The molecule has 0 heterocycles. The first-order valence-corrected chi connectivity index (χ1v) is 6.27. The van der Waals surface area contributed by atoms with E-state index in [-0.39, 0.29) is 18.7 Å². The number of alkyl halides is 3. The lowest BCUT2D eigenvalue weighted by atomic mass is 10.2. The van der Waals surface area contributed by atoms with Crippen LogP contribution in [-0.4, -0.2) is 38.4 Å². The van der Waals surface area contributed by atoms with Crippen LogP contribution in [0.1, 0.15) is 6.42 Å². The van der Waals surface area contributed by atoms with E-state index in [0.29, 0.717) is 0 Å². The van der Waals surface area contributed by atoms with Crippen LogP contribution >= 0.6 is 0 Å². The number of anilines is 1. The van der Waals surface area contributed by atoms with Crippen LogP contribution in [-0.2, 0) is 9.53 Å². The molecule has 0 radical (unpaired) electrons. The van der Waals surface area contributed by atoms with E-state index < -0.39 is 36.4 Å².